The van der Waals surface area contributed by atoms with Crippen LogP contribution in [-0.4, -0.2) is 43.6 Å². The molecule has 2 heterocycles. The summed E-state index contributed by atoms with van der Waals surface area (Å²) in [4.78, 5) is 19.6. The van der Waals surface area contributed by atoms with Gasteiger partial charge in [-0.25, -0.2) is 4.99 Å². The molecule has 3 rings (SSSR count). The van der Waals surface area contributed by atoms with Gasteiger partial charge in [0.15, 0.2) is 5.96 Å². The second-order valence-electron chi connectivity index (χ2n) is 8.04. The van der Waals surface area contributed by atoms with Crippen LogP contribution in [0.4, 0.5) is 5.00 Å². The van der Waals surface area contributed by atoms with Crippen LogP contribution in [0.15, 0.2) is 46.8 Å². The fraction of sp³-hybridized carbons (Fsp3) is 0.500. The van der Waals surface area contributed by atoms with Gasteiger partial charge in [-0.05, 0) is 68.3 Å². The second-order valence-corrected chi connectivity index (χ2v) is 8.96. The lowest BCUT2D eigenvalue weighted by Gasteiger charge is -2.33. The highest BCUT2D eigenvalue weighted by Gasteiger charge is 2.20. The van der Waals surface area contributed by atoms with Crippen molar-refractivity contribution in [2.24, 2.45) is 4.99 Å². The number of guanidine groups is 1. The highest BCUT2D eigenvalue weighted by atomic mass is 127. The third-order valence-electron chi connectivity index (χ3n) is 5.60. The summed E-state index contributed by atoms with van der Waals surface area (Å²) in [7, 11) is 0. The van der Waals surface area contributed by atoms with Gasteiger partial charge in [-0.3, -0.25) is 4.79 Å². The van der Waals surface area contributed by atoms with Crippen molar-refractivity contribution in [3.05, 3.63) is 52.9 Å². The Hall–Kier alpha value is -1.81. The first kappa shape index (κ1) is 26.4. The summed E-state index contributed by atoms with van der Waals surface area (Å²) in [6.45, 7) is 9.64. The van der Waals surface area contributed by atoms with E-state index in [1.165, 1.54) is 5.00 Å². The standard InChI is InChI=1S/C24H35N5OS.HI/c1-4-18(3)27-23(30)20-9-6-8-19(16-20)17-26-24(25-5-2)28-21-11-13-29(14-12-21)22-10-7-15-31-22;/h6-10,15-16,18,21H,4-5,11-14,17H2,1-3H3,(H,27,30)(H2,25,26,28);1H. The quantitative estimate of drug-likeness (QED) is 0.247. The van der Waals surface area contributed by atoms with Crippen molar-refractivity contribution in [3.63, 3.8) is 0 Å². The van der Waals surface area contributed by atoms with E-state index in [0.29, 0.717) is 18.2 Å². The van der Waals surface area contributed by atoms with E-state index in [4.69, 9.17) is 4.99 Å². The van der Waals surface area contributed by atoms with Crippen LogP contribution in [0.1, 0.15) is 56.0 Å². The first-order chi connectivity index (χ1) is 15.1. The molecule has 0 spiro atoms. The molecular weight excluding hydrogens is 533 g/mol. The number of aliphatic imine (C=N–C) groups is 1. The number of hydrogen-bond acceptors (Lipinski definition) is 4. The summed E-state index contributed by atoms with van der Waals surface area (Å²) in [5.74, 6) is 0.814. The maximum Gasteiger partial charge on any atom is 0.251 e. The Bertz CT molecular complexity index is 850. The predicted octanol–water partition coefficient (Wildman–Crippen LogP) is 4.62. The largest absolute Gasteiger partial charge is 0.363 e. The molecule has 6 nitrogen and oxygen atoms in total. The van der Waals surface area contributed by atoms with E-state index < -0.39 is 0 Å². The van der Waals surface area contributed by atoms with Crippen LogP contribution in [0.2, 0.25) is 0 Å². The first-order valence-corrected chi connectivity index (χ1v) is 12.2. The molecule has 1 aromatic carbocycles. The van der Waals surface area contributed by atoms with Gasteiger partial charge < -0.3 is 20.9 Å². The fourth-order valence-corrected chi connectivity index (χ4v) is 4.38. The minimum Gasteiger partial charge on any atom is -0.363 e. The summed E-state index contributed by atoms with van der Waals surface area (Å²) < 4.78 is 0. The fourth-order valence-electron chi connectivity index (χ4n) is 3.60. The maximum atomic E-state index is 12.4. The van der Waals surface area contributed by atoms with Crippen molar-refractivity contribution in [2.75, 3.05) is 24.5 Å². The third kappa shape index (κ3) is 7.95. The van der Waals surface area contributed by atoms with E-state index >= 15 is 0 Å². The molecule has 1 aliphatic heterocycles. The number of piperidine rings is 1. The lowest BCUT2D eigenvalue weighted by Crippen LogP contribution is -2.48. The van der Waals surface area contributed by atoms with Gasteiger partial charge >= 0.3 is 0 Å². The topological polar surface area (TPSA) is 68.8 Å². The molecule has 8 heteroatoms. The molecule has 1 atom stereocenters. The monoisotopic (exact) mass is 569 g/mol. The number of amides is 1. The van der Waals surface area contributed by atoms with Crippen molar-refractivity contribution in [3.8, 4) is 0 Å². The normalized spacial score (nSPS) is 15.6. The Morgan fingerprint density at radius 1 is 1.22 bits per heavy atom. The number of benzene rings is 1. The Morgan fingerprint density at radius 2 is 2.00 bits per heavy atom. The SMILES string of the molecule is CCNC(=NCc1cccc(C(=O)NC(C)CC)c1)NC1CCN(c2cccs2)CC1.I. The van der Waals surface area contributed by atoms with E-state index in [9.17, 15) is 4.79 Å². The highest BCUT2D eigenvalue weighted by Crippen LogP contribution is 2.24. The summed E-state index contributed by atoms with van der Waals surface area (Å²) in [5, 5.41) is 13.5. The van der Waals surface area contributed by atoms with E-state index in [0.717, 1.165) is 50.4 Å². The molecule has 0 radical (unpaired) electrons. The van der Waals surface area contributed by atoms with Crippen LogP contribution in [0.5, 0.6) is 0 Å². The minimum absolute atomic E-state index is 0. The van der Waals surface area contributed by atoms with Crippen molar-refractivity contribution < 1.29 is 4.79 Å². The van der Waals surface area contributed by atoms with Gasteiger partial charge in [0, 0.05) is 37.3 Å². The number of halogens is 1. The average molecular weight is 570 g/mol. The van der Waals surface area contributed by atoms with Crippen LogP contribution in [0.25, 0.3) is 0 Å². The summed E-state index contributed by atoms with van der Waals surface area (Å²) in [5.41, 5.74) is 1.72. The third-order valence-corrected chi connectivity index (χ3v) is 6.53. The minimum atomic E-state index is -0.0253. The van der Waals surface area contributed by atoms with Gasteiger partial charge in [-0.15, -0.1) is 35.3 Å². The molecule has 3 N–H and O–H groups in total. The molecule has 2 aromatic rings. The van der Waals surface area contributed by atoms with Crippen molar-refractivity contribution in [2.45, 2.75) is 58.7 Å². The van der Waals surface area contributed by atoms with Crippen LogP contribution in [-0.2, 0) is 6.54 Å². The molecule has 1 fully saturated rings. The zero-order valence-electron chi connectivity index (χ0n) is 19.3. The number of thiophene rings is 1. The molecule has 32 heavy (non-hydrogen) atoms. The molecule has 0 saturated carbocycles. The van der Waals surface area contributed by atoms with E-state index in [2.05, 4.69) is 52.2 Å². The number of nitrogens with zero attached hydrogens (tertiary/aromatic N) is 2. The molecule has 1 amide bonds. The van der Waals surface area contributed by atoms with Gasteiger partial charge in [0.05, 0.1) is 11.5 Å². The molecule has 1 saturated heterocycles. The van der Waals surface area contributed by atoms with Gasteiger partial charge in [0.25, 0.3) is 5.91 Å². The second kappa shape index (κ2) is 13.7. The summed E-state index contributed by atoms with van der Waals surface area (Å²) >= 11 is 1.81. The van der Waals surface area contributed by atoms with E-state index in [1.807, 2.05) is 31.2 Å². The Labute approximate surface area is 213 Å². The lowest BCUT2D eigenvalue weighted by atomic mass is 10.1. The van der Waals surface area contributed by atoms with Gasteiger partial charge in [-0.1, -0.05) is 19.1 Å². The molecule has 0 aliphatic carbocycles. The van der Waals surface area contributed by atoms with Gasteiger partial charge in [0.1, 0.15) is 0 Å². The molecule has 0 bridgehead atoms. The lowest BCUT2D eigenvalue weighted by molar-refractivity contribution is 0.0939. The first-order valence-electron chi connectivity index (χ1n) is 11.3. The van der Waals surface area contributed by atoms with Crippen LogP contribution in [0, 0.1) is 0 Å². The van der Waals surface area contributed by atoms with Crippen molar-refractivity contribution in [1.29, 1.82) is 0 Å². The number of nitrogens with one attached hydrogen (secondary N) is 3. The van der Waals surface area contributed by atoms with Crippen molar-refractivity contribution in [1.82, 2.24) is 16.0 Å². The molecule has 1 aromatic heterocycles. The Kier molecular flexibility index (Phi) is 11.3. The summed E-state index contributed by atoms with van der Waals surface area (Å²) in [6, 6.07) is 12.6. The number of carbonyl (C=O) groups excluding carboxylic acids is 1. The molecular formula is C24H36IN5OS. The van der Waals surface area contributed by atoms with Crippen LogP contribution in [0.3, 0.4) is 0 Å². The number of carbonyl (C=O) groups is 1. The molecule has 1 aliphatic rings. The van der Waals surface area contributed by atoms with E-state index in [-0.39, 0.29) is 35.9 Å². The molecule has 176 valence electrons. The molecule has 1 unspecified atom stereocenters. The summed E-state index contributed by atoms with van der Waals surface area (Å²) in [6.07, 6.45) is 3.10. The Morgan fingerprint density at radius 3 is 2.66 bits per heavy atom. The van der Waals surface area contributed by atoms with Crippen LogP contribution < -0.4 is 20.9 Å². The zero-order valence-corrected chi connectivity index (χ0v) is 22.4. The number of anilines is 1. The number of hydrogen-bond donors (Lipinski definition) is 3. The maximum absolute atomic E-state index is 12.4. The van der Waals surface area contributed by atoms with Crippen molar-refractivity contribution >= 4 is 52.2 Å². The van der Waals surface area contributed by atoms with Gasteiger partial charge in [-0.2, -0.15) is 0 Å². The Balaban J connectivity index is 0.00000363. The number of rotatable bonds is 8. The highest BCUT2D eigenvalue weighted by molar-refractivity contribution is 14.0. The average Bonchev–Trinajstić information content (AvgIpc) is 3.33. The zero-order chi connectivity index (χ0) is 22.1. The van der Waals surface area contributed by atoms with E-state index in [1.54, 1.807) is 11.3 Å². The van der Waals surface area contributed by atoms with Crippen LogP contribution >= 0.6 is 35.3 Å². The smallest absolute Gasteiger partial charge is 0.251 e. The van der Waals surface area contributed by atoms with Gasteiger partial charge in [0.2, 0.25) is 0 Å². The predicted molar refractivity (Wildman–Crippen MR) is 147 cm³/mol.